The number of piperidine rings is 1. The Morgan fingerprint density at radius 2 is 1.85 bits per heavy atom. The molecular formula is C23H35N3O. The molecule has 1 unspecified atom stereocenters. The van der Waals surface area contributed by atoms with Crippen LogP contribution in [0, 0.1) is 0 Å². The fourth-order valence-electron chi connectivity index (χ4n) is 4.62. The van der Waals surface area contributed by atoms with Gasteiger partial charge in [-0.3, -0.25) is 4.90 Å². The highest BCUT2D eigenvalue weighted by Crippen LogP contribution is 2.31. The Balaban J connectivity index is 1.57. The van der Waals surface area contributed by atoms with Crippen LogP contribution in [-0.4, -0.2) is 53.6 Å². The van der Waals surface area contributed by atoms with E-state index in [1.807, 2.05) is 11.8 Å². The molecule has 2 amide bonds. The van der Waals surface area contributed by atoms with Crippen LogP contribution < -0.4 is 5.32 Å². The number of benzene rings is 1. The number of nitrogens with one attached hydrogen (secondary N) is 1. The summed E-state index contributed by atoms with van der Waals surface area (Å²) in [6.07, 6.45) is 6.76. The highest BCUT2D eigenvalue weighted by molar-refractivity contribution is 5.76. The highest BCUT2D eigenvalue weighted by Gasteiger charge is 2.41. The van der Waals surface area contributed by atoms with Crippen molar-refractivity contribution in [2.45, 2.75) is 64.0 Å². The van der Waals surface area contributed by atoms with E-state index in [-0.39, 0.29) is 11.6 Å². The summed E-state index contributed by atoms with van der Waals surface area (Å²) >= 11 is 0. The number of carbonyl (C=O) groups is 1. The van der Waals surface area contributed by atoms with Gasteiger partial charge in [0.15, 0.2) is 0 Å². The van der Waals surface area contributed by atoms with Crippen molar-refractivity contribution in [1.29, 1.82) is 0 Å². The van der Waals surface area contributed by atoms with Gasteiger partial charge in [0.2, 0.25) is 0 Å². The minimum absolute atomic E-state index is 0.00265. The SMILES string of the molecule is C=C(C)CN1CCC2(CCN(C(CCC)Cc3ccccc3)CC2)NC1=O. The maximum Gasteiger partial charge on any atom is 0.318 e. The van der Waals surface area contributed by atoms with Gasteiger partial charge in [-0.1, -0.05) is 55.8 Å². The number of hydrogen-bond donors (Lipinski definition) is 1. The number of hydrogen-bond acceptors (Lipinski definition) is 2. The molecule has 148 valence electrons. The van der Waals surface area contributed by atoms with Crippen LogP contribution in [0.1, 0.15) is 51.5 Å². The largest absolute Gasteiger partial charge is 0.332 e. The first kappa shape index (κ1) is 19.9. The van der Waals surface area contributed by atoms with Gasteiger partial charge in [-0.15, -0.1) is 0 Å². The first-order valence-electron chi connectivity index (χ1n) is 10.5. The summed E-state index contributed by atoms with van der Waals surface area (Å²) in [6.45, 7) is 11.9. The monoisotopic (exact) mass is 369 g/mol. The molecule has 1 aromatic rings. The fraction of sp³-hybridized carbons (Fsp3) is 0.609. The second kappa shape index (κ2) is 8.92. The molecule has 27 heavy (non-hydrogen) atoms. The third-order valence-electron chi connectivity index (χ3n) is 6.19. The van der Waals surface area contributed by atoms with Gasteiger partial charge in [0, 0.05) is 37.8 Å². The quantitative estimate of drug-likeness (QED) is 0.730. The van der Waals surface area contributed by atoms with E-state index in [2.05, 4.69) is 54.1 Å². The third kappa shape index (κ3) is 5.13. The number of amides is 2. The van der Waals surface area contributed by atoms with Gasteiger partial charge in [-0.05, 0) is 44.6 Å². The minimum atomic E-state index is 0.00265. The molecule has 2 aliphatic heterocycles. The van der Waals surface area contributed by atoms with Crippen LogP contribution in [0.2, 0.25) is 0 Å². The Morgan fingerprint density at radius 1 is 1.19 bits per heavy atom. The van der Waals surface area contributed by atoms with E-state index in [9.17, 15) is 4.79 Å². The lowest BCUT2D eigenvalue weighted by atomic mass is 9.82. The number of nitrogens with zero attached hydrogens (tertiary/aromatic N) is 2. The molecule has 2 aliphatic rings. The molecule has 0 aromatic heterocycles. The lowest BCUT2D eigenvalue weighted by Gasteiger charge is -2.48. The summed E-state index contributed by atoms with van der Waals surface area (Å²) in [4.78, 5) is 17.1. The maximum absolute atomic E-state index is 12.5. The average molecular weight is 370 g/mol. The third-order valence-corrected chi connectivity index (χ3v) is 6.19. The fourth-order valence-corrected chi connectivity index (χ4v) is 4.62. The van der Waals surface area contributed by atoms with Gasteiger partial charge in [-0.2, -0.15) is 0 Å². The number of urea groups is 1. The van der Waals surface area contributed by atoms with E-state index in [4.69, 9.17) is 0 Å². The van der Waals surface area contributed by atoms with Crippen LogP contribution in [0.25, 0.3) is 0 Å². The lowest BCUT2D eigenvalue weighted by molar-refractivity contribution is 0.0693. The summed E-state index contributed by atoms with van der Waals surface area (Å²) < 4.78 is 0. The Morgan fingerprint density at radius 3 is 2.44 bits per heavy atom. The molecule has 2 heterocycles. The molecule has 0 saturated carbocycles. The number of rotatable bonds is 7. The first-order chi connectivity index (χ1) is 13.0. The Kier molecular flexibility index (Phi) is 6.59. The summed E-state index contributed by atoms with van der Waals surface area (Å²) in [5.41, 5.74) is 2.47. The van der Waals surface area contributed by atoms with Gasteiger partial charge < -0.3 is 10.2 Å². The summed E-state index contributed by atoms with van der Waals surface area (Å²) in [5, 5.41) is 3.35. The van der Waals surface area contributed by atoms with E-state index >= 15 is 0 Å². The van der Waals surface area contributed by atoms with Crippen LogP contribution in [0.4, 0.5) is 4.79 Å². The van der Waals surface area contributed by atoms with E-state index < -0.39 is 0 Å². The molecule has 2 fully saturated rings. The van der Waals surface area contributed by atoms with E-state index in [1.165, 1.54) is 18.4 Å². The number of likely N-dealkylation sites (tertiary alicyclic amines) is 1. The normalized spacial score (nSPS) is 21.1. The molecular weight excluding hydrogens is 334 g/mol. The molecule has 0 radical (unpaired) electrons. The van der Waals surface area contributed by atoms with Crippen LogP contribution in [0.3, 0.4) is 0 Å². The predicted octanol–water partition coefficient (Wildman–Crippen LogP) is 4.22. The molecule has 3 rings (SSSR count). The zero-order valence-electron chi connectivity index (χ0n) is 17.0. The Labute approximate surface area is 164 Å². The second-order valence-electron chi connectivity index (χ2n) is 8.51. The minimum Gasteiger partial charge on any atom is -0.332 e. The van der Waals surface area contributed by atoms with E-state index in [1.54, 1.807) is 0 Å². The first-order valence-corrected chi connectivity index (χ1v) is 10.5. The van der Waals surface area contributed by atoms with Crippen LogP contribution in [-0.2, 0) is 6.42 Å². The molecule has 0 aliphatic carbocycles. The maximum atomic E-state index is 12.5. The van der Waals surface area contributed by atoms with Crippen molar-refractivity contribution in [3.8, 4) is 0 Å². The van der Waals surface area contributed by atoms with Crippen molar-refractivity contribution in [2.24, 2.45) is 0 Å². The summed E-state index contributed by atoms with van der Waals surface area (Å²) in [5.74, 6) is 0. The van der Waals surface area contributed by atoms with Crippen molar-refractivity contribution in [1.82, 2.24) is 15.1 Å². The predicted molar refractivity (Wildman–Crippen MR) is 112 cm³/mol. The summed E-state index contributed by atoms with van der Waals surface area (Å²) in [7, 11) is 0. The van der Waals surface area contributed by atoms with Gasteiger partial charge in [0.05, 0.1) is 0 Å². The van der Waals surface area contributed by atoms with Crippen molar-refractivity contribution >= 4 is 6.03 Å². The van der Waals surface area contributed by atoms with E-state index in [0.29, 0.717) is 12.6 Å². The summed E-state index contributed by atoms with van der Waals surface area (Å²) in [6, 6.07) is 11.5. The molecule has 2 saturated heterocycles. The zero-order valence-corrected chi connectivity index (χ0v) is 17.0. The van der Waals surface area contributed by atoms with Gasteiger partial charge in [-0.25, -0.2) is 4.79 Å². The van der Waals surface area contributed by atoms with Crippen molar-refractivity contribution in [3.63, 3.8) is 0 Å². The zero-order chi connectivity index (χ0) is 19.3. The molecule has 1 N–H and O–H groups in total. The molecule has 1 atom stereocenters. The topological polar surface area (TPSA) is 35.6 Å². The van der Waals surface area contributed by atoms with Crippen molar-refractivity contribution in [2.75, 3.05) is 26.2 Å². The molecule has 1 spiro atoms. The Bertz CT molecular complexity index is 634. The van der Waals surface area contributed by atoms with Gasteiger partial charge in [0.1, 0.15) is 0 Å². The molecule has 0 bridgehead atoms. The molecule has 1 aromatic carbocycles. The smallest absolute Gasteiger partial charge is 0.318 e. The average Bonchev–Trinajstić information content (AvgIpc) is 2.65. The van der Waals surface area contributed by atoms with Crippen molar-refractivity contribution in [3.05, 3.63) is 48.0 Å². The standard InChI is InChI=1S/C23H35N3O/c1-4-8-21(17-20-9-6-5-7-10-20)25-14-11-23(12-15-25)13-16-26(18-19(2)3)22(27)24-23/h5-7,9-10,21H,2,4,8,11-18H2,1,3H3,(H,24,27). The second-order valence-corrected chi connectivity index (χ2v) is 8.51. The van der Waals surface area contributed by atoms with Gasteiger partial charge in [0.25, 0.3) is 0 Å². The van der Waals surface area contributed by atoms with Crippen LogP contribution in [0.15, 0.2) is 42.5 Å². The van der Waals surface area contributed by atoms with Gasteiger partial charge >= 0.3 is 6.03 Å². The highest BCUT2D eigenvalue weighted by atomic mass is 16.2. The van der Waals surface area contributed by atoms with Crippen LogP contribution in [0.5, 0.6) is 0 Å². The molecule has 4 heteroatoms. The van der Waals surface area contributed by atoms with Crippen molar-refractivity contribution < 1.29 is 4.79 Å². The lowest BCUT2D eigenvalue weighted by Crippen LogP contribution is -2.64. The molecule has 4 nitrogen and oxygen atoms in total. The Hall–Kier alpha value is -1.81. The number of carbonyl (C=O) groups excluding carboxylic acids is 1. The van der Waals surface area contributed by atoms with E-state index in [0.717, 1.165) is 50.9 Å². The van der Waals surface area contributed by atoms with Crippen LogP contribution >= 0.6 is 0 Å².